The maximum atomic E-state index is 13.0. The zero-order chi connectivity index (χ0) is 20.4. The first kappa shape index (κ1) is 20.7. The van der Waals surface area contributed by atoms with Gasteiger partial charge in [-0.15, -0.1) is 0 Å². The predicted molar refractivity (Wildman–Crippen MR) is 109 cm³/mol. The Morgan fingerprint density at radius 3 is 2.68 bits per heavy atom. The minimum absolute atomic E-state index is 0.136. The number of rotatable bonds is 7. The normalized spacial score (nSPS) is 25.6. The van der Waals surface area contributed by atoms with E-state index in [-0.39, 0.29) is 17.2 Å². The van der Waals surface area contributed by atoms with Crippen molar-refractivity contribution in [3.05, 3.63) is 24.3 Å². The quantitative estimate of drug-likeness (QED) is 0.719. The van der Waals surface area contributed by atoms with E-state index in [0.717, 1.165) is 32.2 Å². The van der Waals surface area contributed by atoms with Gasteiger partial charge in [-0.25, -0.2) is 4.98 Å². The van der Waals surface area contributed by atoms with Crippen molar-refractivity contribution in [1.82, 2.24) is 19.8 Å². The number of fused-ring (bicyclic) bond motifs is 2. The second-order valence-electron chi connectivity index (χ2n) is 9.72. The summed E-state index contributed by atoms with van der Waals surface area (Å²) in [5, 5.41) is 0. The van der Waals surface area contributed by atoms with Gasteiger partial charge in [0.15, 0.2) is 0 Å². The highest BCUT2D eigenvalue weighted by atomic mass is 16.2. The maximum absolute atomic E-state index is 13.0. The summed E-state index contributed by atoms with van der Waals surface area (Å²) in [4.78, 5) is 37.8. The zero-order valence-electron chi connectivity index (χ0n) is 17.8. The average Bonchev–Trinajstić information content (AvgIpc) is 2.90. The Morgan fingerprint density at radius 1 is 1.21 bits per heavy atom. The van der Waals surface area contributed by atoms with Gasteiger partial charge in [-0.2, -0.15) is 0 Å². The molecular formula is C22H34N4O2. The van der Waals surface area contributed by atoms with Crippen molar-refractivity contribution in [3.63, 3.8) is 0 Å². The molecule has 1 saturated heterocycles. The maximum Gasteiger partial charge on any atom is 0.274 e. The number of carbonyl (C=O) groups excluding carboxylic acids is 2. The lowest BCUT2D eigenvalue weighted by Crippen LogP contribution is -2.40. The van der Waals surface area contributed by atoms with Crippen molar-refractivity contribution in [3.8, 4) is 0 Å². The molecule has 1 aliphatic heterocycles. The molecule has 1 aromatic rings. The Hall–Kier alpha value is -1.98. The predicted octanol–water partition coefficient (Wildman–Crippen LogP) is 3.54. The molecule has 0 spiro atoms. The van der Waals surface area contributed by atoms with E-state index in [2.05, 4.69) is 42.6 Å². The number of hydrogen-bond donors (Lipinski definition) is 0. The van der Waals surface area contributed by atoms with Crippen molar-refractivity contribution in [2.75, 3.05) is 19.6 Å². The standard InChI is InChI=1S/C22H34N4O2/c1-5-6-10-25(20(28)18-14-23-8-9-24-18)11-7-19(27)26-16-22(4)13-17(26)12-21(2,3)15-22/h8-9,14,17H,5-7,10-13,15-16H2,1-4H3/t17-,22-/m0/s1. The molecule has 0 unspecified atom stereocenters. The van der Waals surface area contributed by atoms with Crippen LogP contribution in [0.3, 0.4) is 0 Å². The molecule has 3 rings (SSSR count). The molecule has 28 heavy (non-hydrogen) atoms. The molecule has 154 valence electrons. The number of likely N-dealkylation sites (tertiary alicyclic amines) is 1. The van der Waals surface area contributed by atoms with Crippen LogP contribution in [0.4, 0.5) is 0 Å². The second-order valence-corrected chi connectivity index (χ2v) is 9.72. The number of nitrogens with zero attached hydrogens (tertiary/aromatic N) is 4. The number of hydrogen-bond acceptors (Lipinski definition) is 4. The van der Waals surface area contributed by atoms with Gasteiger partial charge in [0.25, 0.3) is 5.91 Å². The molecule has 6 heteroatoms. The van der Waals surface area contributed by atoms with Crippen LogP contribution < -0.4 is 0 Å². The summed E-state index contributed by atoms with van der Waals surface area (Å²) in [7, 11) is 0. The molecule has 1 saturated carbocycles. The lowest BCUT2D eigenvalue weighted by atomic mass is 9.65. The van der Waals surface area contributed by atoms with Gasteiger partial charge >= 0.3 is 0 Å². The van der Waals surface area contributed by atoms with Crippen molar-refractivity contribution < 1.29 is 9.59 Å². The molecule has 2 atom stereocenters. The molecular weight excluding hydrogens is 352 g/mol. The fourth-order valence-corrected chi connectivity index (χ4v) is 5.36. The van der Waals surface area contributed by atoms with E-state index in [0.29, 0.717) is 36.7 Å². The average molecular weight is 387 g/mol. The first-order chi connectivity index (χ1) is 13.2. The van der Waals surface area contributed by atoms with Crippen LogP contribution in [0.25, 0.3) is 0 Å². The molecule has 0 radical (unpaired) electrons. The first-order valence-corrected chi connectivity index (χ1v) is 10.6. The molecule has 2 amide bonds. The summed E-state index contributed by atoms with van der Waals surface area (Å²) in [6, 6.07) is 0.348. The third kappa shape index (κ3) is 4.70. The SMILES string of the molecule is CCCCN(CCC(=O)N1C[C@@]2(C)C[C@@H]1CC(C)(C)C2)C(=O)c1cnccn1. The molecule has 2 aliphatic rings. The Balaban J connectivity index is 1.63. The van der Waals surface area contributed by atoms with Gasteiger partial charge < -0.3 is 9.80 Å². The van der Waals surface area contributed by atoms with Gasteiger partial charge in [-0.1, -0.05) is 34.1 Å². The van der Waals surface area contributed by atoms with Gasteiger partial charge in [0, 0.05) is 44.5 Å². The third-order valence-corrected chi connectivity index (χ3v) is 6.18. The van der Waals surface area contributed by atoms with Gasteiger partial charge in [0.1, 0.15) is 5.69 Å². The Bertz CT molecular complexity index is 706. The van der Waals surface area contributed by atoms with E-state index in [9.17, 15) is 9.59 Å². The highest BCUT2D eigenvalue weighted by Crippen LogP contribution is 2.52. The molecule has 6 nitrogen and oxygen atoms in total. The number of carbonyl (C=O) groups is 2. The van der Waals surface area contributed by atoms with Crippen molar-refractivity contribution >= 4 is 11.8 Å². The van der Waals surface area contributed by atoms with Gasteiger partial charge in [-0.3, -0.25) is 14.6 Å². The van der Waals surface area contributed by atoms with Gasteiger partial charge in [0.05, 0.1) is 6.20 Å². The Morgan fingerprint density at radius 2 is 2.00 bits per heavy atom. The van der Waals surface area contributed by atoms with E-state index in [1.165, 1.54) is 18.8 Å². The molecule has 0 aromatic carbocycles. The number of unbranched alkanes of at least 4 members (excludes halogenated alkanes) is 1. The van der Waals surface area contributed by atoms with E-state index in [1.54, 1.807) is 11.1 Å². The lowest BCUT2D eigenvalue weighted by Gasteiger charge is -2.39. The van der Waals surface area contributed by atoms with Crippen molar-refractivity contribution in [1.29, 1.82) is 0 Å². The summed E-state index contributed by atoms with van der Waals surface area (Å²) in [5.74, 6) is 0.0440. The van der Waals surface area contributed by atoms with Crippen LogP contribution in [0.15, 0.2) is 18.6 Å². The summed E-state index contributed by atoms with van der Waals surface area (Å²) in [6.45, 7) is 11.0. The molecule has 1 aliphatic carbocycles. The van der Waals surface area contributed by atoms with Crippen LogP contribution >= 0.6 is 0 Å². The minimum Gasteiger partial charge on any atom is -0.339 e. The topological polar surface area (TPSA) is 66.4 Å². The van der Waals surface area contributed by atoms with E-state index >= 15 is 0 Å². The van der Waals surface area contributed by atoms with Crippen LogP contribution in [-0.4, -0.2) is 57.3 Å². The smallest absolute Gasteiger partial charge is 0.274 e. The zero-order valence-corrected chi connectivity index (χ0v) is 17.8. The van der Waals surface area contributed by atoms with E-state index < -0.39 is 0 Å². The minimum atomic E-state index is -0.136. The number of aromatic nitrogens is 2. The van der Waals surface area contributed by atoms with Crippen LogP contribution in [0.1, 0.15) is 76.7 Å². The number of amides is 2. The summed E-state index contributed by atoms with van der Waals surface area (Å²) in [6.07, 6.45) is 10.2. The molecule has 0 N–H and O–H groups in total. The Labute approximate surface area is 168 Å². The van der Waals surface area contributed by atoms with Gasteiger partial charge in [-0.05, 0) is 36.5 Å². The fourth-order valence-electron chi connectivity index (χ4n) is 5.36. The largest absolute Gasteiger partial charge is 0.339 e. The third-order valence-electron chi connectivity index (χ3n) is 6.18. The first-order valence-electron chi connectivity index (χ1n) is 10.6. The van der Waals surface area contributed by atoms with Crippen LogP contribution in [0, 0.1) is 10.8 Å². The van der Waals surface area contributed by atoms with Crippen LogP contribution in [0.5, 0.6) is 0 Å². The van der Waals surface area contributed by atoms with Crippen LogP contribution in [-0.2, 0) is 4.79 Å². The Kier molecular flexibility index (Phi) is 6.06. The highest BCUT2D eigenvalue weighted by Gasteiger charge is 2.50. The molecule has 2 bridgehead atoms. The van der Waals surface area contributed by atoms with Gasteiger partial charge in [0.2, 0.25) is 5.91 Å². The van der Waals surface area contributed by atoms with Crippen LogP contribution in [0.2, 0.25) is 0 Å². The van der Waals surface area contributed by atoms with Crippen molar-refractivity contribution in [2.45, 2.75) is 72.3 Å². The van der Waals surface area contributed by atoms with Crippen molar-refractivity contribution in [2.24, 2.45) is 10.8 Å². The molecule has 1 aromatic heterocycles. The summed E-state index contributed by atoms with van der Waals surface area (Å²) in [5.41, 5.74) is 0.874. The monoisotopic (exact) mass is 386 g/mol. The summed E-state index contributed by atoms with van der Waals surface area (Å²) < 4.78 is 0. The molecule has 2 heterocycles. The van der Waals surface area contributed by atoms with E-state index in [4.69, 9.17) is 0 Å². The highest BCUT2D eigenvalue weighted by molar-refractivity contribution is 5.92. The summed E-state index contributed by atoms with van der Waals surface area (Å²) >= 11 is 0. The van der Waals surface area contributed by atoms with E-state index in [1.807, 2.05) is 0 Å². The fraction of sp³-hybridized carbons (Fsp3) is 0.727. The lowest BCUT2D eigenvalue weighted by molar-refractivity contribution is -0.132. The second kappa shape index (κ2) is 8.18. The molecule has 2 fully saturated rings.